The molecule has 0 aliphatic carbocycles. The van der Waals surface area contributed by atoms with Gasteiger partial charge in [-0.25, -0.2) is 22.2 Å². The maximum absolute atomic E-state index is 13.1. The molecule has 0 aliphatic rings. The molecule has 1 heterocycles. The molecule has 2 aromatic carbocycles. The van der Waals surface area contributed by atoms with E-state index in [9.17, 15) is 12.8 Å². The lowest BCUT2D eigenvalue weighted by atomic mass is 10.2. The molecule has 0 fully saturated rings. The van der Waals surface area contributed by atoms with E-state index in [-0.39, 0.29) is 28.2 Å². The van der Waals surface area contributed by atoms with Gasteiger partial charge in [0.2, 0.25) is 0 Å². The predicted octanol–water partition coefficient (Wildman–Crippen LogP) is 2.94. The largest absolute Gasteiger partial charge is 0.497 e. The van der Waals surface area contributed by atoms with Crippen molar-refractivity contribution in [2.45, 2.75) is 11.4 Å². The Kier molecular flexibility index (Phi) is 5.71. The molecule has 0 atom stereocenters. The van der Waals surface area contributed by atoms with Gasteiger partial charge in [-0.05, 0) is 29.8 Å². The molecule has 28 heavy (non-hydrogen) atoms. The van der Waals surface area contributed by atoms with E-state index >= 15 is 0 Å². The summed E-state index contributed by atoms with van der Waals surface area (Å²) < 4.78 is 52.4. The number of halogens is 2. The minimum atomic E-state index is -4.03. The van der Waals surface area contributed by atoms with Crippen LogP contribution >= 0.6 is 11.6 Å². The number of aromatic nitrogens is 3. The van der Waals surface area contributed by atoms with Crippen LogP contribution in [0.3, 0.4) is 0 Å². The standard InChI is InChI=1S/C17H16ClFN4O4S/c1-26-13-5-6-15(27-2)16(8-13)28(24,25)22-17-20-10-23(21-17)9-11-3-4-12(19)7-14(11)18/h3-8,10H,9H2,1-2H3,(H,21,22). The van der Waals surface area contributed by atoms with Gasteiger partial charge in [-0.3, -0.25) is 0 Å². The molecular weight excluding hydrogens is 411 g/mol. The Morgan fingerprint density at radius 2 is 1.96 bits per heavy atom. The molecule has 0 saturated heterocycles. The van der Waals surface area contributed by atoms with Crippen LogP contribution in [0.4, 0.5) is 10.3 Å². The Balaban J connectivity index is 1.82. The van der Waals surface area contributed by atoms with Crippen molar-refractivity contribution < 1.29 is 22.3 Å². The van der Waals surface area contributed by atoms with Gasteiger partial charge in [0, 0.05) is 11.1 Å². The average molecular weight is 427 g/mol. The summed E-state index contributed by atoms with van der Waals surface area (Å²) in [5, 5.41) is 4.30. The fraction of sp³-hybridized carbons (Fsp3) is 0.176. The Labute approximate surface area is 165 Å². The summed E-state index contributed by atoms with van der Waals surface area (Å²) in [6.07, 6.45) is 1.33. The predicted molar refractivity (Wildman–Crippen MR) is 101 cm³/mol. The van der Waals surface area contributed by atoms with E-state index in [1.807, 2.05) is 0 Å². The van der Waals surface area contributed by atoms with Gasteiger partial charge in [-0.2, -0.15) is 4.98 Å². The molecular formula is C17H16ClFN4O4S. The lowest BCUT2D eigenvalue weighted by Gasteiger charge is -2.11. The lowest BCUT2D eigenvalue weighted by molar-refractivity contribution is 0.392. The van der Waals surface area contributed by atoms with Gasteiger partial charge in [0.15, 0.2) is 0 Å². The van der Waals surface area contributed by atoms with Crippen molar-refractivity contribution in [3.8, 4) is 11.5 Å². The fourth-order valence-corrected chi connectivity index (χ4v) is 3.77. The summed E-state index contributed by atoms with van der Waals surface area (Å²) in [7, 11) is -1.24. The van der Waals surface area contributed by atoms with Crippen LogP contribution in [0, 0.1) is 5.82 Å². The Morgan fingerprint density at radius 3 is 2.64 bits per heavy atom. The van der Waals surface area contributed by atoms with E-state index in [4.69, 9.17) is 21.1 Å². The monoisotopic (exact) mass is 426 g/mol. The number of nitrogens with one attached hydrogen (secondary N) is 1. The first-order chi connectivity index (χ1) is 13.3. The van der Waals surface area contributed by atoms with E-state index in [2.05, 4.69) is 14.8 Å². The molecule has 148 valence electrons. The zero-order valence-electron chi connectivity index (χ0n) is 14.9. The first kappa shape index (κ1) is 19.9. The molecule has 0 aliphatic heterocycles. The lowest BCUT2D eigenvalue weighted by Crippen LogP contribution is -2.15. The van der Waals surface area contributed by atoms with E-state index in [0.29, 0.717) is 11.3 Å². The fourth-order valence-electron chi connectivity index (χ4n) is 2.41. The van der Waals surface area contributed by atoms with Crippen LogP contribution in [0.25, 0.3) is 0 Å². The zero-order chi connectivity index (χ0) is 20.3. The van der Waals surface area contributed by atoms with Crippen LogP contribution in [-0.2, 0) is 16.6 Å². The Bertz CT molecular complexity index is 1100. The van der Waals surface area contributed by atoms with E-state index < -0.39 is 15.8 Å². The number of methoxy groups -OCH3 is 2. The van der Waals surface area contributed by atoms with Crippen molar-refractivity contribution in [2.75, 3.05) is 18.9 Å². The van der Waals surface area contributed by atoms with Crippen molar-refractivity contribution in [2.24, 2.45) is 0 Å². The summed E-state index contributed by atoms with van der Waals surface area (Å²) in [6.45, 7) is 0.191. The third-order valence-corrected chi connectivity index (χ3v) is 5.47. The quantitative estimate of drug-likeness (QED) is 0.624. The van der Waals surface area contributed by atoms with Crippen LogP contribution in [0.15, 0.2) is 47.6 Å². The molecule has 1 aromatic heterocycles. The molecule has 8 nitrogen and oxygen atoms in total. The summed E-state index contributed by atoms with van der Waals surface area (Å²) in [5.74, 6) is -0.0902. The van der Waals surface area contributed by atoms with Gasteiger partial charge >= 0.3 is 0 Å². The van der Waals surface area contributed by atoms with Crippen molar-refractivity contribution in [3.05, 3.63) is 59.1 Å². The number of sulfonamides is 1. The summed E-state index contributed by atoms with van der Waals surface area (Å²) in [5.41, 5.74) is 0.608. The van der Waals surface area contributed by atoms with E-state index in [1.165, 1.54) is 55.6 Å². The highest BCUT2D eigenvalue weighted by atomic mass is 35.5. The number of nitrogens with zero attached hydrogens (tertiary/aromatic N) is 3. The Hall–Kier alpha value is -2.85. The van der Waals surface area contributed by atoms with Crippen LogP contribution in [0.5, 0.6) is 11.5 Å². The molecule has 0 saturated carbocycles. The van der Waals surface area contributed by atoms with Gasteiger partial charge in [0.25, 0.3) is 16.0 Å². The number of hydrogen-bond acceptors (Lipinski definition) is 6. The normalized spacial score (nSPS) is 11.3. The van der Waals surface area contributed by atoms with E-state index in [1.54, 1.807) is 6.07 Å². The third-order valence-electron chi connectivity index (χ3n) is 3.77. The summed E-state index contributed by atoms with van der Waals surface area (Å²) in [4.78, 5) is 3.82. The molecule has 3 aromatic rings. The van der Waals surface area contributed by atoms with Gasteiger partial charge < -0.3 is 9.47 Å². The maximum atomic E-state index is 13.1. The first-order valence-electron chi connectivity index (χ1n) is 7.90. The minimum absolute atomic E-state index is 0.118. The van der Waals surface area contributed by atoms with Crippen molar-refractivity contribution >= 4 is 27.6 Å². The second-order valence-electron chi connectivity index (χ2n) is 5.62. The number of rotatable bonds is 7. The number of ether oxygens (including phenoxy) is 2. The van der Waals surface area contributed by atoms with Crippen LogP contribution in [0.1, 0.15) is 5.56 Å². The second-order valence-corrected chi connectivity index (χ2v) is 7.68. The van der Waals surface area contributed by atoms with E-state index in [0.717, 1.165) is 0 Å². The maximum Gasteiger partial charge on any atom is 0.268 e. The van der Waals surface area contributed by atoms with Gasteiger partial charge in [-0.15, -0.1) is 5.10 Å². The minimum Gasteiger partial charge on any atom is -0.497 e. The zero-order valence-corrected chi connectivity index (χ0v) is 16.5. The number of anilines is 1. The topological polar surface area (TPSA) is 95.3 Å². The number of hydrogen-bond donors (Lipinski definition) is 1. The highest BCUT2D eigenvalue weighted by molar-refractivity contribution is 7.92. The van der Waals surface area contributed by atoms with Crippen molar-refractivity contribution in [1.82, 2.24) is 14.8 Å². The first-order valence-corrected chi connectivity index (χ1v) is 9.76. The Morgan fingerprint density at radius 1 is 1.18 bits per heavy atom. The average Bonchev–Trinajstić information content (AvgIpc) is 3.09. The molecule has 3 rings (SSSR count). The molecule has 0 unspecified atom stereocenters. The smallest absolute Gasteiger partial charge is 0.268 e. The van der Waals surface area contributed by atoms with Gasteiger partial charge in [0.1, 0.15) is 28.5 Å². The highest BCUT2D eigenvalue weighted by Gasteiger charge is 2.22. The van der Waals surface area contributed by atoms with Crippen LogP contribution in [0.2, 0.25) is 5.02 Å². The molecule has 0 amide bonds. The molecule has 0 radical (unpaired) electrons. The summed E-state index contributed by atoms with van der Waals surface area (Å²) >= 11 is 6.00. The molecule has 0 spiro atoms. The van der Waals surface area contributed by atoms with Gasteiger partial charge in [0.05, 0.1) is 20.8 Å². The second kappa shape index (κ2) is 8.03. The number of benzene rings is 2. The molecule has 1 N–H and O–H groups in total. The van der Waals surface area contributed by atoms with Crippen molar-refractivity contribution in [3.63, 3.8) is 0 Å². The van der Waals surface area contributed by atoms with Crippen LogP contribution < -0.4 is 14.2 Å². The molecule has 0 bridgehead atoms. The highest BCUT2D eigenvalue weighted by Crippen LogP contribution is 2.29. The van der Waals surface area contributed by atoms with Crippen LogP contribution in [-0.4, -0.2) is 37.4 Å². The third kappa shape index (κ3) is 4.34. The van der Waals surface area contributed by atoms with Crippen molar-refractivity contribution in [1.29, 1.82) is 0 Å². The molecule has 11 heteroatoms. The SMILES string of the molecule is COc1ccc(OC)c(S(=O)(=O)Nc2ncn(Cc3ccc(F)cc3Cl)n2)c1. The summed E-state index contributed by atoms with van der Waals surface area (Å²) in [6, 6.07) is 8.37. The van der Waals surface area contributed by atoms with Gasteiger partial charge in [-0.1, -0.05) is 17.7 Å².